The lowest BCUT2D eigenvalue weighted by atomic mass is 9.97. The standard InChI is InChI=1S/C30H40N4O5/c1-9-13-34(28(37)23(17-24(31)35)32-29(38)39-30(6,7)8)26(22-15-18(2)14-19(3)16-22)27(36)33-25-20(4)11-10-12-21(25)5/h9-12,14-16,23,26H,1,13,17H2,2-8H3,(H2,31,35)(H,32,38)(H,33,36). The maximum Gasteiger partial charge on any atom is 0.408 e. The van der Waals surface area contributed by atoms with Gasteiger partial charge in [0.1, 0.15) is 17.7 Å². The van der Waals surface area contributed by atoms with Crippen molar-refractivity contribution in [3.05, 3.63) is 76.9 Å². The number of para-hydroxylation sites is 1. The number of primary amides is 1. The Kier molecular flexibility index (Phi) is 10.4. The second kappa shape index (κ2) is 13.1. The van der Waals surface area contributed by atoms with E-state index >= 15 is 0 Å². The minimum Gasteiger partial charge on any atom is -0.444 e. The summed E-state index contributed by atoms with van der Waals surface area (Å²) in [4.78, 5) is 53.7. The molecule has 2 rings (SSSR count). The summed E-state index contributed by atoms with van der Waals surface area (Å²) in [5.41, 5.74) is 9.34. The molecule has 0 aliphatic carbocycles. The highest BCUT2D eigenvalue weighted by atomic mass is 16.6. The second-order valence-corrected chi connectivity index (χ2v) is 10.7. The predicted molar refractivity (Wildman–Crippen MR) is 152 cm³/mol. The number of amides is 4. The lowest BCUT2D eigenvalue weighted by molar-refractivity contribution is -0.141. The lowest BCUT2D eigenvalue weighted by Crippen LogP contribution is -2.53. The molecule has 4 amide bonds. The van der Waals surface area contributed by atoms with Crippen molar-refractivity contribution in [3.63, 3.8) is 0 Å². The van der Waals surface area contributed by atoms with Crippen molar-refractivity contribution < 1.29 is 23.9 Å². The number of alkyl carbamates (subject to hydrolysis) is 1. The summed E-state index contributed by atoms with van der Waals surface area (Å²) in [5.74, 6) is -1.94. The molecule has 2 aromatic carbocycles. The van der Waals surface area contributed by atoms with E-state index in [1.54, 1.807) is 20.8 Å². The van der Waals surface area contributed by atoms with E-state index in [1.165, 1.54) is 11.0 Å². The van der Waals surface area contributed by atoms with Crippen molar-refractivity contribution in [1.29, 1.82) is 0 Å². The molecule has 2 aromatic rings. The highest BCUT2D eigenvalue weighted by molar-refractivity contribution is 6.00. The first-order chi connectivity index (χ1) is 18.1. The smallest absolute Gasteiger partial charge is 0.408 e. The Morgan fingerprint density at radius 3 is 2.08 bits per heavy atom. The van der Waals surface area contributed by atoms with Gasteiger partial charge in [0, 0.05) is 12.2 Å². The zero-order chi connectivity index (χ0) is 29.5. The normalized spacial score (nSPS) is 12.6. The van der Waals surface area contributed by atoms with E-state index in [4.69, 9.17) is 10.5 Å². The van der Waals surface area contributed by atoms with Crippen LogP contribution in [0.2, 0.25) is 0 Å². The van der Waals surface area contributed by atoms with Gasteiger partial charge < -0.3 is 26.0 Å². The van der Waals surface area contributed by atoms with Gasteiger partial charge in [0.15, 0.2) is 0 Å². The van der Waals surface area contributed by atoms with Crippen LogP contribution in [0.15, 0.2) is 49.1 Å². The van der Waals surface area contributed by atoms with E-state index < -0.39 is 47.9 Å². The van der Waals surface area contributed by atoms with Gasteiger partial charge in [-0.25, -0.2) is 4.79 Å². The van der Waals surface area contributed by atoms with Gasteiger partial charge in [-0.2, -0.15) is 0 Å². The van der Waals surface area contributed by atoms with Gasteiger partial charge in [-0.05, 0) is 65.2 Å². The molecule has 9 nitrogen and oxygen atoms in total. The van der Waals surface area contributed by atoms with Gasteiger partial charge in [0.05, 0.1) is 6.42 Å². The lowest BCUT2D eigenvalue weighted by Gasteiger charge is -2.34. The molecular formula is C30H40N4O5. The highest BCUT2D eigenvalue weighted by Gasteiger charge is 2.37. The average Bonchev–Trinajstić information content (AvgIpc) is 2.78. The Balaban J connectivity index is 2.61. The largest absolute Gasteiger partial charge is 0.444 e. The first kappa shape index (κ1) is 31.1. The second-order valence-electron chi connectivity index (χ2n) is 10.7. The zero-order valence-electron chi connectivity index (χ0n) is 23.9. The molecule has 0 radical (unpaired) electrons. The topological polar surface area (TPSA) is 131 Å². The summed E-state index contributed by atoms with van der Waals surface area (Å²) in [6.07, 6.45) is 0.113. The fraction of sp³-hybridized carbons (Fsp3) is 0.400. The Morgan fingerprint density at radius 2 is 1.59 bits per heavy atom. The molecule has 0 aliphatic rings. The van der Waals surface area contributed by atoms with Crippen LogP contribution in [-0.4, -0.2) is 46.9 Å². The number of nitrogens with zero attached hydrogens (tertiary/aromatic N) is 1. The summed E-state index contributed by atoms with van der Waals surface area (Å²) in [6.45, 7) is 16.3. The molecule has 2 atom stereocenters. The number of anilines is 1. The number of nitrogens with two attached hydrogens (primary N) is 1. The van der Waals surface area contributed by atoms with Gasteiger partial charge in [-0.15, -0.1) is 6.58 Å². The number of hydrogen-bond donors (Lipinski definition) is 3. The number of benzene rings is 2. The molecule has 4 N–H and O–H groups in total. The third-order valence-electron chi connectivity index (χ3n) is 5.85. The van der Waals surface area contributed by atoms with Crippen LogP contribution >= 0.6 is 0 Å². The fourth-order valence-electron chi connectivity index (χ4n) is 4.36. The summed E-state index contributed by atoms with van der Waals surface area (Å²) in [5, 5.41) is 5.45. The van der Waals surface area contributed by atoms with E-state index in [0.717, 1.165) is 22.3 Å². The average molecular weight is 537 g/mol. The molecule has 2 unspecified atom stereocenters. The molecular weight excluding hydrogens is 496 g/mol. The van der Waals surface area contributed by atoms with Crippen molar-refractivity contribution in [2.45, 2.75) is 72.6 Å². The third-order valence-corrected chi connectivity index (χ3v) is 5.85. The number of aryl methyl sites for hydroxylation is 4. The molecule has 0 saturated heterocycles. The maximum absolute atomic E-state index is 14.0. The molecule has 0 heterocycles. The Morgan fingerprint density at radius 1 is 1.03 bits per heavy atom. The number of ether oxygens (including phenoxy) is 1. The molecule has 0 spiro atoms. The summed E-state index contributed by atoms with van der Waals surface area (Å²) >= 11 is 0. The van der Waals surface area contributed by atoms with Crippen LogP contribution in [0.4, 0.5) is 10.5 Å². The van der Waals surface area contributed by atoms with E-state index in [2.05, 4.69) is 17.2 Å². The Bertz CT molecular complexity index is 1210. The number of carbonyl (C=O) groups is 4. The van der Waals surface area contributed by atoms with Gasteiger partial charge in [-0.1, -0.05) is 53.6 Å². The summed E-state index contributed by atoms with van der Waals surface area (Å²) in [6, 6.07) is 8.81. The van der Waals surface area contributed by atoms with E-state index in [1.807, 2.05) is 64.1 Å². The predicted octanol–water partition coefficient (Wildman–Crippen LogP) is 4.38. The quantitative estimate of drug-likeness (QED) is 0.388. The van der Waals surface area contributed by atoms with Crippen molar-refractivity contribution >= 4 is 29.5 Å². The molecule has 9 heteroatoms. The van der Waals surface area contributed by atoms with Crippen molar-refractivity contribution in [2.75, 3.05) is 11.9 Å². The molecule has 0 saturated carbocycles. The van der Waals surface area contributed by atoms with Crippen molar-refractivity contribution in [1.82, 2.24) is 10.2 Å². The van der Waals surface area contributed by atoms with Crippen LogP contribution in [0.5, 0.6) is 0 Å². The van der Waals surface area contributed by atoms with E-state index in [-0.39, 0.29) is 6.54 Å². The monoisotopic (exact) mass is 536 g/mol. The van der Waals surface area contributed by atoms with Crippen molar-refractivity contribution in [3.8, 4) is 0 Å². The number of nitrogens with one attached hydrogen (secondary N) is 2. The minimum atomic E-state index is -1.36. The minimum absolute atomic E-state index is 0.0398. The first-order valence-electron chi connectivity index (χ1n) is 12.8. The van der Waals surface area contributed by atoms with Crippen LogP contribution < -0.4 is 16.4 Å². The van der Waals surface area contributed by atoms with Crippen LogP contribution in [0.3, 0.4) is 0 Å². The molecule has 0 bridgehead atoms. The third kappa shape index (κ3) is 8.98. The van der Waals surface area contributed by atoms with Crippen LogP contribution in [0.1, 0.15) is 61.1 Å². The SMILES string of the molecule is C=CCN(C(=O)C(CC(N)=O)NC(=O)OC(C)(C)C)C(C(=O)Nc1c(C)cccc1C)c1cc(C)cc(C)c1. The maximum atomic E-state index is 14.0. The fourth-order valence-corrected chi connectivity index (χ4v) is 4.36. The molecule has 39 heavy (non-hydrogen) atoms. The summed E-state index contributed by atoms with van der Waals surface area (Å²) in [7, 11) is 0. The van der Waals surface area contributed by atoms with Gasteiger partial charge in [-0.3, -0.25) is 14.4 Å². The van der Waals surface area contributed by atoms with E-state index in [0.29, 0.717) is 11.3 Å². The number of rotatable bonds is 10. The molecule has 210 valence electrons. The van der Waals surface area contributed by atoms with Gasteiger partial charge >= 0.3 is 6.09 Å². The van der Waals surface area contributed by atoms with E-state index in [9.17, 15) is 19.2 Å². The van der Waals surface area contributed by atoms with Gasteiger partial charge in [0.2, 0.25) is 11.8 Å². The zero-order valence-corrected chi connectivity index (χ0v) is 23.9. The number of hydrogen-bond acceptors (Lipinski definition) is 5. The van der Waals surface area contributed by atoms with Crippen molar-refractivity contribution in [2.24, 2.45) is 5.73 Å². The van der Waals surface area contributed by atoms with Crippen LogP contribution in [0.25, 0.3) is 0 Å². The molecule has 0 aromatic heterocycles. The number of carbonyl (C=O) groups excluding carboxylic acids is 4. The van der Waals surface area contributed by atoms with Gasteiger partial charge in [0.25, 0.3) is 5.91 Å². The highest BCUT2D eigenvalue weighted by Crippen LogP contribution is 2.28. The molecule has 0 aliphatic heterocycles. The Labute approximate surface area is 230 Å². The Hall–Kier alpha value is -4.14. The van der Waals surface area contributed by atoms with Crippen LogP contribution in [0, 0.1) is 27.7 Å². The molecule has 0 fully saturated rings. The summed E-state index contributed by atoms with van der Waals surface area (Å²) < 4.78 is 5.30. The first-order valence-corrected chi connectivity index (χ1v) is 12.8. The van der Waals surface area contributed by atoms with Crippen LogP contribution in [-0.2, 0) is 19.1 Å².